The molecule has 0 saturated carbocycles. The lowest BCUT2D eigenvalue weighted by atomic mass is 10.1. The summed E-state index contributed by atoms with van der Waals surface area (Å²) in [5.41, 5.74) is 9.58. The maximum Gasteiger partial charge on any atom is 0.316 e. The van der Waals surface area contributed by atoms with Gasteiger partial charge in [0.05, 0.1) is 12.1 Å². The van der Waals surface area contributed by atoms with E-state index >= 15 is 0 Å². The Bertz CT molecular complexity index is 778. The Morgan fingerprint density at radius 3 is 2.42 bits per heavy atom. The first kappa shape index (κ1) is 19.5. The Labute approximate surface area is 154 Å². The first-order chi connectivity index (χ1) is 12.3. The second-order valence-corrected chi connectivity index (χ2v) is 6.87. The van der Waals surface area contributed by atoms with E-state index in [2.05, 4.69) is 29.6 Å². The molecule has 0 aliphatic rings. The van der Waals surface area contributed by atoms with Crippen LogP contribution in [0.25, 0.3) is 0 Å². The number of nitrogens with one attached hydrogen (secondary N) is 2. The minimum absolute atomic E-state index is 0.0420. The predicted molar refractivity (Wildman–Crippen MR) is 102 cm³/mol. The third-order valence-electron chi connectivity index (χ3n) is 4.12. The van der Waals surface area contributed by atoms with Crippen molar-refractivity contribution in [2.45, 2.75) is 47.2 Å². The van der Waals surface area contributed by atoms with Crippen LogP contribution in [-0.4, -0.2) is 21.7 Å². The van der Waals surface area contributed by atoms with Gasteiger partial charge in [-0.1, -0.05) is 26.0 Å². The molecule has 1 heterocycles. The van der Waals surface area contributed by atoms with Gasteiger partial charge in [-0.15, -0.1) is 0 Å². The number of hydrogen-bond donors (Lipinski definition) is 3. The van der Waals surface area contributed by atoms with Crippen LogP contribution in [0, 0.1) is 19.8 Å². The van der Waals surface area contributed by atoms with E-state index in [9.17, 15) is 9.59 Å². The molecule has 1 aromatic carbocycles. The fraction of sp³-hybridized carbons (Fsp3) is 0.421. The zero-order valence-electron chi connectivity index (χ0n) is 15.8. The molecular formula is C19H27N5O2. The summed E-state index contributed by atoms with van der Waals surface area (Å²) in [5.74, 6) is 0.460. The highest BCUT2D eigenvalue weighted by molar-refractivity contribution is 5.87. The van der Waals surface area contributed by atoms with Gasteiger partial charge in [-0.3, -0.25) is 9.48 Å². The maximum atomic E-state index is 12.3. The molecule has 1 aromatic heterocycles. The number of primary amides is 1. The molecule has 0 bridgehead atoms. The van der Waals surface area contributed by atoms with Crippen LogP contribution in [-0.2, 0) is 24.3 Å². The number of urea groups is 1. The normalized spacial score (nSPS) is 10.8. The van der Waals surface area contributed by atoms with Gasteiger partial charge in [0.1, 0.15) is 0 Å². The minimum Gasteiger partial charge on any atom is -0.352 e. The molecular weight excluding hydrogens is 330 g/mol. The van der Waals surface area contributed by atoms with Gasteiger partial charge in [0.25, 0.3) is 0 Å². The highest BCUT2D eigenvalue weighted by Gasteiger charge is 2.15. The van der Waals surface area contributed by atoms with Crippen LogP contribution in [0.1, 0.15) is 36.4 Å². The summed E-state index contributed by atoms with van der Waals surface area (Å²) in [4.78, 5) is 23.1. The topological polar surface area (TPSA) is 102 Å². The van der Waals surface area contributed by atoms with Crippen molar-refractivity contribution in [2.75, 3.05) is 5.32 Å². The first-order valence-electron chi connectivity index (χ1n) is 8.71. The smallest absolute Gasteiger partial charge is 0.316 e. The Kier molecular flexibility index (Phi) is 6.38. The summed E-state index contributed by atoms with van der Waals surface area (Å²) in [5, 5.41) is 9.97. The third kappa shape index (κ3) is 5.34. The van der Waals surface area contributed by atoms with E-state index in [-0.39, 0.29) is 5.91 Å². The van der Waals surface area contributed by atoms with Crippen molar-refractivity contribution in [1.29, 1.82) is 0 Å². The fourth-order valence-electron chi connectivity index (χ4n) is 2.79. The number of amides is 3. The number of aromatic nitrogens is 2. The molecule has 0 aliphatic carbocycles. The van der Waals surface area contributed by atoms with E-state index in [1.165, 1.54) is 0 Å². The molecule has 0 unspecified atom stereocenters. The number of anilines is 1. The highest BCUT2D eigenvalue weighted by atomic mass is 16.2. The second-order valence-electron chi connectivity index (χ2n) is 6.87. The molecule has 3 amide bonds. The molecule has 0 radical (unpaired) electrons. The number of nitrogens with zero attached hydrogens (tertiary/aromatic N) is 2. The summed E-state index contributed by atoms with van der Waals surface area (Å²) in [6.45, 7) is 9.51. The van der Waals surface area contributed by atoms with Crippen molar-refractivity contribution in [3.05, 3.63) is 46.8 Å². The van der Waals surface area contributed by atoms with Gasteiger partial charge >= 0.3 is 6.03 Å². The van der Waals surface area contributed by atoms with Crippen molar-refractivity contribution in [1.82, 2.24) is 15.1 Å². The van der Waals surface area contributed by atoms with Crippen molar-refractivity contribution in [2.24, 2.45) is 11.7 Å². The van der Waals surface area contributed by atoms with Gasteiger partial charge in [-0.05, 0) is 37.5 Å². The average molecular weight is 357 g/mol. The van der Waals surface area contributed by atoms with Crippen LogP contribution in [0.3, 0.4) is 0 Å². The van der Waals surface area contributed by atoms with Gasteiger partial charge in [0.2, 0.25) is 5.91 Å². The Balaban J connectivity index is 1.93. The molecule has 2 aromatic rings. The summed E-state index contributed by atoms with van der Waals surface area (Å²) in [6, 6.07) is 6.56. The number of hydrogen-bond acceptors (Lipinski definition) is 3. The Hall–Kier alpha value is -2.83. The Morgan fingerprint density at radius 1 is 1.19 bits per heavy atom. The number of carbonyl (C=O) groups is 2. The predicted octanol–water partition coefficient (Wildman–Crippen LogP) is 2.51. The number of benzene rings is 1. The summed E-state index contributed by atoms with van der Waals surface area (Å²) in [6.07, 6.45) is 0.317. The standard InChI is InChI=1S/C19H27N5O2/c1-12(2)11-24-14(4)17(13(3)23-24)9-18(25)21-10-15-5-7-16(8-6-15)22-19(20)26/h5-8,12H,9-11H2,1-4H3,(H,21,25)(H3,20,22,26). The molecule has 7 nitrogen and oxygen atoms in total. The van der Waals surface area contributed by atoms with Crippen LogP contribution < -0.4 is 16.4 Å². The third-order valence-corrected chi connectivity index (χ3v) is 4.12. The van der Waals surface area contributed by atoms with Crippen molar-refractivity contribution >= 4 is 17.6 Å². The largest absolute Gasteiger partial charge is 0.352 e. The van der Waals surface area contributed by atoms with Gasteiger partial charge in [-0.25, -0.2) is 4.79 Å². The zero-order valence-corrected chi connectivity index (χ0v) is 15.8. The number of nitrogens with two attached hydrogens (primary N) is 1. The molecule has 0 spiro atoms. The van der Waals surface area contributed by atoms with Crippen LogP contribution in [0.4, 0.5) is 10.5 Å². The molecule has 140 valence electrons. The van der Waals surface area contributed by atoms with E-state index in [4.69, 9.17) is 5.73 Å². The van der Waals surface area contributed by atoms with Gasteiger partial charge < -0.3 is 16.4 Å². The molecule has 0 aliphatic heterocycles. The molecule has 4 N–H and O–H groups in total. The number of aryl methyl sites for hydroxylation is 1. The minimum atomic E-state index is -0.602. The van der Waals surface area contributed by atoms with Gasteiger partial charge in [0, 0.05) is 30.0 Å². The average Bonchev–Trinajstić information content (AvgIpc) is 2.80. The monoisotopic (exact) mass is 357 g/mol. The van der Waals surface area contributed by atoms with Crippen molar-refractivity contribution < 1.29 is 9.59 Å². The molecule has 0 saturated heterocycles. The molecule has 0 atom stereocenters. The van der Waals surface area contributed by atoms with E-state index < -0.39 is 6.03 Å². The molecule has 0 fully saturated rings. The first-order valence-corrected chi connectivity index (χ1v) is 8.71. The molecule has 26 heavy (non-hydrogen) atoms. The van der Waals surface area contributed by atoms with Gasteiger partial charge in [0.15, 0.2) is 0 Å². The van der Waals surface area contributed by atoms with Crippen LogP contribution in [0.5, 0.6) is 0 Å². The summed E-state index contributed by atoms with van der Waals surface area (Å²) < 4.78 is 1.98. The quantitative estimate of drug-likeness (QED) is 0.709. The summed E-state index contributed by atoms with van der Waals surface area (Å²) >= 11 is 0. The Morgan fingerprint density at radius 2 is 1.85 bits per heavy atom. The SMILES string of the molecule is Cc1nn(CC(C)C)c(C)c1CC(=O)NCc1ccc(NC(N)=O)cc1. The van der Waals surface area contributed by atoms with Crippen LogP contribution >= 0.6 is 0 Å². The molecule has 2 rings (SSSR count). The fourth-order valence-corrected chi connectivity index (χ4v) is 2.79. The highest BCUT2D eigenvalue weighted by Crippen LogP contribution is 2.15. The number of rotatable bonds is 7. The summed E-state index contributed by atoms with van der Waals surface area (Å²) in [7, 11) is 0. The van der Waals surface area contributed by atoms with E-state index in [0.29, 0.717) is 24.6 Å². The van der Waals surface area contributed by atoms with Crippen molar-refractivity contribution in [3.8, 4) is 0 Å². The number of carbonyl (C=O) groups excluding carboxylic acids is 2. The molecule has 7 heteroatoms. The van der Waals surface area contributed by atoms with E-state index in [1.54, 1.807) is 12.1 Å². The second kappa shape index (κ2) is 8.51. The van der Waals surface area contributed by atoms with Crippen LogP contribution in [0.15, 0.2) is 24.3 Å². The lowest BCUT2D eigenvalue weighted by Crippen LogP contribution is -2.25. The zero-order chi connectivity index (χ0) is 19.3. The van der Waals surface area contributed by atoms with Crippen LogP contribution in [0.2, 0.25) is 0 Å². The lowest BCUT2D eigenvalue weighted by Gasteiger charge is -2.09. The van der Waals surface area contributed by atoms with E-state index in [0.717, 1.165) is 29.1 Å². The van der Waals surface area contributed by atoms with E-state index in [1.807, 2.05) is 30.7 Å². The van der Waals surface area contributed by atoms with Crippen molar-refractivity contribution in [3.63, 3.8) is 0 Å². The van der Waals surface area contributed by atoms with Gasteiger partial charge in [-0.2, -0.15) is 5.10 Å². The maximum absolute atomic E-state index is 12.3. The lowest BCUT2D eigenvalue weighted by molar-refractivity contribution is -0.120.